The van der Waals surface area contributed by atoms with Crippen molar-refractivity contribution in [2.24, 2.45) is 5.92 Å². The van der Waals surface area contributed by atoms with Crippen LogP contribution in [0.25, 0.3) is 10.2 Å². The molecule has 3 heterocycles. The second kappa shape index (κ2) is 9.51. The lowest BCUT2D eigenvalue weighted by Gasteiger charge is -2.32. The number of carbonyl (C=O) groups is 1. The maximum absolute atomic E-state index is 13.6. The zero-order valence-corrected chi connectivity index (χ0v) is 19.7. The number of pyridine rings is 1. The summed E-state index contributed by atoms with van der Waals surface area (Å²) in [7, 11) is -3.25. The van der Waals surface area contributed by atoms with Crippen molar-refractivity contribution in [3.63, 3.8) is 0 Å². The van der Waals surface area contributed by atoms with Crippen molar-refractivity contribution in [2.45, 2.75) is 26.3 Å². The van der Waals surface area contributed by atoms with Gasteiger partial charge in [-0.05, 0) is 50.1 Å². The third kappa shape index (κ3) is 5.08. The summed E-state index contributed by atoms with van der Waals surface area (Å²) in [6, 6.07) is 11.3. The maximum Gasteiger partial charge on any atom is 0.232 e. The number of piperidine rings is 1. The van der Waals surface area contributed by atoms with Gasteiger partial charge in [0.2, 0.25) is 15.9 Å². The van der Waals surface area contributed by atoms with E-state index in [0.717, 1.165) is 21.7 Å². The van der Waals surface area contributed by atoms with Gasteiger partial charge >= 0.3 is 0 Å². The van der Waals surface area contributed by atoms with Crippen LogP contribution in [0.15, 0.2) is 42.6 Å². The minimum Gasteiger partial charge on any atom is -0.494 e. The average Bonchev–Trinajstić information content (AvgIpc) is 3.20. The molecule has 0 spiro atoms. The first kappa shape index (κ1) is 22.6. The third-order valence-electron chi connectivity index (χ3n) is 5.47. The van der Waals surface area contributed by atoms with E-state index in [1.807, 2.05) is 43.3 Å². The van der Waals surface area contributed by atoms with Gasteiger partial charge in [0.25, 0.3) is 0 Å². The minimum absolute atomic E-state index is 0.0482. The van der Waals surface area contributed by atoms with Gasteiger partial charge in [0.05, 0.1) is 35.3 Å². The van der Waals surface area contributed by atoms with Gasteiger partial charge in [-0.25, -0.2) is 17.7 Å². The van der Waals surface area contributed by atoms with E-state index in [-0.39, 0.29) is 11.8 Å². The summed E-state index contributed by atoms with van der Waals surface area (Å²) < 4.78 is 31.6. The van der Waals surface area contributed by atoms with Crippen LogP contribution in [-0.2, 0) is 21.4 Å². The number of sulfonamides is 1. The van der Waals surface area contributed by atoms with Crippen LogP contribution in [0.4, 0.5) is 5.13 Å². The predicted octanol–water partition coefficient (Wildman–Crippen LogP) is 3.29. The van der Waals surface area contributed by atoms with Crippen molar-refractivity contribution in [1.82, 2.24) is 14.3 Å². The number of fused-ring (bicyclic) bond motifs is 1. The molecule has 0 radical (unpaired) electrons. The number of ether oxygens (including phenoxy) is 1. The van der Waals surface area contributed by atoms with Gasteiger partial charge in [0.15, 0.2) is 5.13 Å². The first-order valence-electron chi connectivity index (χ1n) is 10.5. The molecule has 0 unspecified atom stereocenters. The number of anilines is 1. The number of carbonyl (C=O) groups excluding carboxylic acids is 1. The van der Waals surface area contributed by atoms with Gasteiger partial charge < -0.3 is 4.74 Å². The Morgan fingerprint density at radius 1 is 1.25 bits per heavy atom. The molecule has 0 atom stereocenters. The van der Waals surface area contributed by atoms with Crippen molar-refractivity contribution >= 4 is 42.6 Å². The third-order valence-corrected chi connectivity index (χ3v) is 7.82. The standard InChI is InChI=1S/C22H26N4O4S2/c1-3-30-18-7-8-19-20(14-18)31-22(24-19)26(15-17-6-4-5-11-23-17)21(27)16-9-12-25(13-10-16)32(2,28)29/h4-8,11,14,16H,3,9-10,12-13,15H2,1-2H3. The maximum atomic E-state index is 13.6. The highest BCUT2D eigenvalue weighted by Crippen LogP contribution is 2.34. The van der Waals surface area contributed by atoms with Crippen molar-refractivity contribution in [2.75, 3.05) is 30.9 Å². The van der Waals surface area contributed by atoms with E-state index in [0.29, 0.717) is 44.2 Å². The van der Waals surface area contributed by atoms with Gasteiger partial charge in [-0.3, -0.25) is 14.7 Å². The topological polar surface area (TPSA) is 92.7 Å². The van der Waals surface area contributed by atoms with Crippen LogP contribution in [0.2, 0.25) is 0 Å². The smallest absolute Gasteiger partial charge is 0.232 e. The van der Waals surface area contributed by atoms with E-state index >= 15 is 0 Å². The monoisotopic (exact) mass is 474 g/mol. The molecular formula is C22H26N4O4S2. The van der Waals surface area contributed by atoms with Crippen LogP contribution in [0.1, 0.15) is 25.5 Å². The van der Waals surface area contributed by atoms with Crippen LogP contribution >= 0.6 is 11.3 Å². The van der Waals surface area contributed by atoms with Crippen molar-refractivity contribution in [1.29, 1.82) is 0 Å². The number of thiazole rings is 1. The molecule has 170 valence electrons. The Kier molecular flexibility index (Phi) is 6.73. The van der Waals surface area contributed by atoms with E-state index < -0.39 is 10.0 Å². The number of benzene rings is 1. The number of hydrogen-bond donors (Lipinski definition) is 0. The molecule has 0 bridgehead atoms. The molecule has 1 saturated heterocycles. The van der Waals surface area contributed by atoms with Crippen LogP contribution in [0, 0.1) is 5.92 Å². The van der Waals surface area contributed by atoms with Gasteiger partial charge in [-0.1, -0.05) is 17.4 Å². The molecule has 0 saturated carbocycles. The summed E-state index contributed by atoms with van der Waals surface area (Å²) in [5.41, 5.74) is 1.57. The predicted molar refractivity (Wildman–Crippen MR) is 125 cm³/mol. The molecule has 0 aliphatic carbocycles. The normalized spacial score (nSPS) is 15.7. The summed E-state index contributed by atoms with van der Waals surface area (Å²) in [4.78, 5) is 24.4. The molecule has 8 nitrogen and oxygen atoms in total. The Balaban J connectivity index is 1.62. The number of aromatic nitrogens is 2. The highest BCUT2D eigenvalue weighted by molar-refractivity contribution is 7.88. The van der Waals surface area contributed by atoms with E-state index in [2.05, 4.69) is 4.98 Å². The summed E-state index contributed by atoms with van der Waals surface area (Å²) in [5.74, 6) is 0.460. The number of rotatable bonds is 7. The zero-order valence-electron chi connectivity index (χ0n) is 18.1. The fourth-order valence-electron chi connectivity index (χ4n) is 3.81. The SMILES string of the molecule is CCOc1ccc2nc(N(Cc3ccccn3)C(=O)C3CCN(S(C)(=O)=O)CC3)sc2c1. The molecular weight excluding hydrogens is 448 g/mol. The lowest BCUT2D eigenvalue weighted by atomic mass is 9.96. The molecule has 32 heavy (non-hydrogen) atoms. The second-order valence-electron chi connectivity index (χ2n) is 7.74. The number of amides is 1. The van der Waals surface area contributed by atoms with Crippen LogP contribution in [0.5, 0.6) is 5.75 Å². The molecule has 1 aromatic carbocycles. The van der Waals surface area contributed by atoms with Gasteiger partial charge in [0, 0.05) is 25.2 Å². The Morgan fingerprint density at radius 2 is 2.03 bits per heavy atom. The summed E-state index contributed by atoms with van der Waals surface area (Å²) >= 11 is 1.44. The molecule has 0 N–H and O–H groups in total. The first-order valence-corrected chi connectivity index (χ1v) is 13.2. The lowest BCUT2D eigenvalue weighted by Crippen LogP contribution is -2.44. The Morgan fingerprint density at radius 3 is 2.69 bits per heavy atom. The van der Waals surface area contributed by atoms with Crippen molar-refractivity contribution in [3.8, 4) is 5.75 Å². The molecule has 3 aromatic rings. The second-order valence-corrected chi connectivity index (χ2v) is 10.7. The zero-order chi connectivity index (χ0) is 22.7. The lowest BCUT2D eigenvalue weighted by molar-refractivity contribution is -0.123. The quantitative estimate of drug-likeness (QED) is 0.522. The summed E-state index contributed by atoms with van der Waals surface area (Å²) in [6.45, 7) is 3.52. The summed E-state index contributed by atoms with van der Waals surface area (Å²) in [6.07, 6.45) is 3.89. The molecule has 10 heteroatoms. The van der Waals surface area contributed by atoms with Crippen LogP contribution in [0.3, 0.4) is 0 Å². The van der Waals surface area contributed by atoms with E-state index in [1.165, 1.54) is 21.9 Å². The molecule has 1 aliphatic heterocycles. The number of hydrogen-bond acceptors (Lipinski definition) is 7. The largest absolute Gasteiger partial charge is 0.494 e. The van der Waals surface area contributed by atoms with Gasteiger partial charge in [-0.15, -0.1) is 0 Å². The van der Waals surface area contributed by atoms with Crippen LogP contribution < -0.4 is 9.64 Å². The Labute approximate surface area is 191 Å². The Bertz CT molecular complexity index is 1190. The molecule has 1 amide bonds. The van der Waals surface area contributed by atoms with Gasteiger partial charge in [0.1, 0.15) is 5.75 Å². The van der Waals surface area contributed by atoms with Crippen molar-refractivity contribution < 1.29 is 17.9 Å². The molecule has 1 fully saturated rings. The van der Waals surface area contributed by atoms with E-state index in [9.17, 15) is 13.2 Å². The molecule has 1 aliphatic rings. The van der Waals surface area contributed by atoms with Gasteiger partial charge in [-0.2, -0.15) is 0 Å². The van der Waals surface area contributed by atoms with Crippen molar-refractivity contribution in [3.05, 3.63) is 48.3 Å². The average molecular weight is 475 g/mol. The van der Waals surface area contributed by atoms with E-state index in [4.69, 9.17) is 9.72 Å². The molecule has 4 rings (SSSR count). The highest BCUT2D eigenvalue weighted by atomic mass is 32.2. The number of nitrogens with zero attached hydrogens (tertiary/aromatic N) is 4. The molecule has 2 aromatic heterocycles. The fraction of sp³-hybridized carbons (Fsp3) is 0.409. The summed E-state index contributed by atoms with van der Waals surface area (Å²) in [5, 5.41) is 0.606. The fourth-order valence-corrected chi connectivity index (χ4v) is 5.69. The van der Waals surface area contributed by atoms with E-state index in [1.54, 1.807) is 11.1 Å². The highest BCUT2D eigenvalue weighted by Gasteiger charge is 2.33. The Hall–Kier alpha value is -2.56. The van der Waals surface area contributed by atoms with Crippen LogP contribution in [-0.4, -0.2) is 54.6 Å². The minimum atomic E-state index is -3.25. The first-order chi connectivity index (χ1) is 15.3.